The monoisotopic (exact) mass is 404 g/mol. The highest BCUT2D eigenvalue weighted by Crippen LogP contribution is 1.98. The smallest absolute Gasteiger partial charge is 0.330 e. The first-order chi connectivity index (χ1) is 14.4. The summed E-state index contributed by atoms with van der Waals surface area (Å²) in [5, 5.41) is 0. The van der Waals surface area contributed by atoms with Gasteiger partial charge in [-0.05, 0) is 24.5 Å². The highest BCUT2D eigenvalue weighted by Gasteiger charge is 1.91. The Balaban J connectivity index is 0. The maximum absolute atomic E-state index is 10.3. The number of ether oxygens (including phenoxy) is 1. The van der Waals surface area contributed by atoms with Gasteiger partial charge in [-0.3, -0.25) is 0 Å². The minimum atomic E-state index is -0.330. The van der Waals surface area contributed by atoms with Crippen LogP contribution in [0.3, 0.4) is 0 Å². The molecule has 0 aliphatic heterocycles. The molecular weight excluding hydrogens is 368 g/mol. The molecule has 0 aliphatic carbocycles. The third kappa shape index (κ3) is 20.9. The number of rotatable bonds is 7. The average Bonchev–Trinajstić information content (AvgIpc) is 2.81. The predicted octanol–water partition coefficient (Wildman–Crippen LogP) is 7.92. The fraction of sp³-hybridized carbons (Fsp3) is 0.179. The lowest BCUT2D eigenvalue weighted by Gasteiger charge is -1.97. The first kappa shape index (κ1) is 28.8. The van der Waals surface area contributed by atoms with E-state index in [-0.39, 0.29) is 5.97 Å². The Hall–Kier alpha value is -3.39. The number of benzene rings is 2. The van der Waals surface area contributed by atoms with Crippen LogP contribution in [0, 0.1) is 0 Å². The molecule has 0 unspecified atom stereocenters. The van der Waals surface area contributed by atoms with Crippen LogP contribution in [0.2, 0.25) is 0 Å². The van der Waals surface area contributed by atoms with Crippen molar-refractivity contribution in [1.29, 1.82) is 0 Å². The summed E-state index contributed by atoms with van der Waals surface area (Å²) in [6, 6.07) is 20.1. The van der Waals surface area contributed by atoms with Crippen molar-refractivity contribution in [2.45, 2.75) is 26.7 Å². The molecule has 0 atom stereocenters. The number of allylic oxidation sites excluding steroid dienone is 2. The van der Waals surface area contributed by atoms with E-state index in [0.29, 0.717) is 6.61 Å². The Kier molecular flexibility index (Phi) is 21.0. The van der Waals surface area contributed by atoms with Crippen LogP contribution in [-0.2, 0) is 9.53 Å². The molecule has 2 rings (SSSR count). The lowest BCUT2D eigenvalue weighted by Crippen LogP contribution is -2.00. The summed E-state index contributed by atoms with van der Waals surface area (Å²) in [7, 11) is 0. The van der Waals surface area contributed by atoms with E-state index in [4.69, 9.17) is 0 Å². The molecule has 0 saturated carbocycles. The highest BCUT2D eigenvalue weighted by molar-refractivity contribution is 5.81. The SMILES string of the molecule is C=CC(=C)C.C=CC(=O)OCCCC.C=Cc1ccccc1.C=Cc1ccccc1. The van der Waals surface area contributed by atoms with E-state index in [1.807, 2.05) is 86.7 Å². The molecule has 0 N–H and O–H groups in total. The minimum Gasteiger partial charge on any atom is -0.463 e. The summed E-state index contributed by atoms with van der Waals surface area (Å²) in [5.74, 6) is -0.330. The van der Waals surface area contributed by atoms with Crippen LogP contribution in [0.1, 0.15) is 37.8 Å². The van der Waals surface area contributed by atoms with Gasteiger partial charge in [-0.15, -0.1) is 0 Å². The molecule has 0 aromatic heterocycles. The van der Waals surface area contributed by atoms with Gasteiger partial charge >= 0.3 is 5.97 Å². The standard InChI is InChI=1S/2C8H8.C7H12O2.C5H8/c2*1-2-8-6-4-3-5-7-8;1-3-5-6-9-7(8)4-2;1-4-5(2)3/h2*2-7H,1H2;4H,2-3,5-6H2,1H3;4H,1-2H2,3H3. The molecule has 2 nitrogen and oxygen atoms in total. The van der Waals surface area contributed by atoms with Gasteiger partial charge in [0.15, 0.2) is 0 Å². The third-order valence-corrected chi connectivity index (χ3v) is 3.33. The fourth-order valence-corrected chi connectivity index (χ4v) is 1.55. The summed E-state index contributed by atoms with van der Waals surface area (Å²) in [6.07, 6.45) is 8.54. The zero-order valence-electron chi connectivity index (χ0n) is 18.6. The molecule has 2 aromatic rings. The first-order valence-electron chi connectivity index (χ1n) is 9.87. The Morgan fingerprint density at radius 3 is 1.47 bits per heavy atom. The van der Waals surface area contributed by atoms with Crippen LogP contribution in [0.25, 0.3) is 12.2 Å². The van der Waals surface area contributed by atoms with E-state index in [9.17, 15) is 4.79 Å². The van der Waals surface area contributed by atoms with Gasteiger partial charge in [0, 0.05) is 6.08 Å². The number of hydrogen-bond donors (Lipinski definition) is 0. The van der Waals surface area contributed by atoms with Crippen LogP contribution in [-0.4, -0.2) is 12.6 Å². The molecule has 0 aliphatic rings. The van der Waals surface area contributed by atoms with Gasteiger partial charge in [-0.25, -0.2) is 4.79 Å². The normalized spacial score (nSPS) is 8.20. The Labute approximate surface area is 183 Å². The zero-order valence-corrected chi connectivity index (χ0v) is 18.6. The van der Waals surface area contributed by atoms with Crippen LogP contribution in [0.5, 0.6) is 0 Å². The second kappa shape index (κ2) is 21.9. The molecule has 30 heavy (non-hydrogen) atoms. The Morgan fingerprint density at radius 1 is 0.833 bits per heavy atom. The van der Waals surface area contributed by atoms with E-state index in [2.05, 4.69) is 37.6 Å². The fourth-order valence-electron chi connectivity index (χ4n) is 1.55. The van der Waals surface area contributed by atoms with Crippen molar-refractivity contribution in [3.8, 4) is 0 Å². The van der Waals surface area contributed by atoms with Crippen molar-refractivity contribution in [3.63, 3.8) is 0 Å². The lowest BCUT2D eigenvalue weighted by molar-refractivity contribution is -0.137. The van der Waals surface area contributed by atoms with E-state index < -0.39 is 0 Å². The summed E-state index contributed by atoms with van der Waals surface area (Å²) in [5.41, 5.74) is 3.37. The highest BCUT2D eigenvalue weighted by atomic mass is 16.5. The topological polar surface area (TPSA) is 26.3 Å². The molecule has 0 bridgehead atoms. The van der Waals surface area contributed by atoms with Gasteiger partial charge in [-0.2, -0.15) is 0 Å². The third-order valence-electron chi connectivity index (χ3n) is 3.33. The van der Waals surface area contributed by atoms with Crippen LogP contribution in [0.4, 0.5) is 0 Å². The first-order valence-corrected chi connectivity index (χ1v) is 9.87. The molecule has 0 fully saturated rings. The van der Waals surface area contributed by atoms with Crippen LogP contribution in [0.15, 0.2) is 111 Å². The molecule has 2 heteroatoms. The summed E-state index contributed by atoms with van der Waals surface area (Å²) in [4.78, 5) is 10.3. The van der Waals surface area contributed by atoms with Gasteiger partial charge in [0.1, 0.15) is 0 Å². The summed E-state index contributed by atoms with van der Waals surface area (Å²) in [6.45, 7) is 22.0. The van der Waals surface area contributed by atoms with Gasteiger partial charge < -0.3 is 4.74 Å². The summed E-state index contributed by atoms with van der Waals surface area (Å²) < 4.78 is 4.67. The van der Waals surface area contributed by atoms with E-state index in [0.717, 1.165) is 18.4 Å². The van der Waals surface area contributed by atoms with E-state index >= 15 is 0 Å². The largest absolute Gasteiger partial charge is 0.463 e. The number of esters is 1. The van der Waals surface area contributed by atoms with Crippen molar-refractivity contribution in [2.75, 3.05) is 6.61 Å². The van der Waals surface area contributed by atoms with Gasteiger partial charge in [0.2, 0.25) is 0 Å². The molecule has 0 radical (unpaired) electrons. The van der Waals surface area contributed by atoms with Gasteiger partial charge in [-0.1, -0.05) is 131 Å². The summed E-state index contributed by atoms with van der Waals surface area (Å²) >= 11 is 0. The quantitative estimate of drug-likeness (QED) is 0.203. The minimum absolute atomic E-state index is 0.330. The van der Waals surface area contributed by atoms with E-state index in [1.54, 1.807) is 6.08 Å². The molecule has 160 valence electrons. The molecule has 2 aromatic carbocycles. The number of carbonyl (C=O) groups is 1. The van der Waals surface area contributed by atoms with Gasteiger partial charge in [0.25, 0.3) is 0 Å². The Morgan fingerprint density at radius 2 is 1.23 bits per heavy atom. The van der Waals surface area contributed by atoms with Crippen molar-refractivity contribution in [2.24, 2.45) is 0 Å². The molecule has 0 saturated heterocycles. The zero-order chi connectivity index (χ0) is 23.0. The molecule has 0 spiro atoms. The van der Waals surface area contributed by atoms with Crippen LogP contribution >= 0.6 is 0 Å². The molecule has 0 amide bonds. The van der Waals surface area contributed by atoms with Crippen molar-refractivity contribution >= 4 is 18.1 Å². The van der Waals surface area contributed by atoms with Crippen molar-refractivity contribution in [1.82, 2.24) is 0 Å². The van der Waals surface area contributed by atoms with Crippen LogP contribution < -0.4 is 0 Å². The van der Waals surface area contributed by atoms with Crippen molar-refractivity contribution < 1.29 is 9.53 Å². The predicted molar refractivity (Wildman–Crippen MR) is 134 cm³/mol. The second-order valence-electron chi connectivity index (χ2n) is 6.01. The maximum Gasteiger partial charge on any atom is 0.330 e. The number of carbonyl (C=O) groups excluding carboxylic acids is 1. The van der Waals surface area contributed by atoms with Gasteiger partial charge in [0.05, 0.1) is 6.61 Å². The number of unbranched alkanes of at least 4 members (excludes halogenated alkanes) is 1. The molecular formula is C28H36O2. The average molecular weight is 405 g/mol. The molecule has 0 heterocycles. The Bertz CT molecular complexity index is 684. The number of hydrogen-bond acceptors (Lipinski definition) is 2. The maximum atomic E-state index is 10.3. The second-order valence-corrected chi connectivity index (χ2v) is 6.01. The van der Waals surface area contributed by atoms with Crippen molar-refractivity contribution in [3.05, 3.63) is 122 Å². The lowest BCUT2D eigenvalue weighted by atomic mass is 10.2. The van der Waals surface area contributed by atoms with E-state index in [1.165, 1.54) is 17.2 Å².